The summed E-state index contributed by atoms with van der Waals surface area (Å²) in [5.41, 5.74) is 9.82. The first-order valence-corrected chi connectivity index (χ1v) is 9.11. The van der Waals surface area contributed by atoms with E-state index in [0.29, 0.717) is 12.3 Å². The lowest BCUT2D eigenvalue weighted by molar-refractivity contribution is -0.384. The first kappa shape index (κ1) is 17.0. The van der Waals surface area contributed by atoms with E-state index in [0.717, 1.165) is 27.8 Å². The number of thioether (sulfide) groups is 1. The van der Waals surface area contributed by atoms with Crippen molar-refractivity contribution < 1.29 is 4.92 Å². The van der Waals surface area contributed by atoms with Crippen LogP contribution in [-0.2, 0) is 12.3 Å². The maximum atomic E-state index is 10.7. The standard InChI is InChI=1S/C17H15N7O2S/c25-24(26)14-7-5-12(6-8-14)9-23-10-13(19-22-23)11-27-17-18-15-3-1-2-4-16(15)20-21-17/h1-8,10,20H,9,11H2,(H,18,21). The molecule has 0 radical (unpaired) electrons. The summed E-state index contributed by atoms with van der Waals surface area (Å²) in [4.78, 5) is 14.8. The van der Waals surface area contributed by atoms with E-state index in [1.165, 1.54) is 23.9 Å². The van der Waals surface area contributed by atoms with Gasteiger partial charge >= 0.3 is 0 Å². The first-order chi connectivity index (χ1) is 13.2. The maximum absolute atomic E-state index is 10.7. The summed E-state index contributed by atoms with van der Waals surface area (Å²) >= 11 is 1.52. The van der Waals surface area contributed by atoms with Crippen LogP contribution in [0.15, 0.2) is 59.7 Å². The number of non-ortho nitro benzene ring substituents is 1. The van der Waals surface area contributed by atoms with E-state index in [-0.39, 0.29) is 5.69 Å². The van der Waals surface area contributed by atoms with E-state index in [9.17, 15) is 10.1 Å². The van der Waals surface area contributed by atoms with E-state index in [2.05, 4.69) is 26.2 Å². The Labute approximate surface area is 158 Å². The zero-order chi connectivity index (χ0) is 18.6. The molecular weight excluding hydrogens is 366 g/mol. The van der Waals surface area contributed by atoms with Gasteiger partial charge in [0.1, 0.15) is 0 Å². The van der Waals surface area contributed by atoms with E-state index < -0.39 is 4.92 Å². The second kappa shape index (κ2) is 7.46. The number of para-hydroxylation sites is 2. The summed E-state index contributed by atoms with van der Waals surface area (Å²) in [5, 5.41) is 19.7. The summed E-state index contributed by atoms with van der Waals surface area (Å²) < 4.78 is 1.71. The van der Waals surface area contributed by atoms with Gasteiger partial charge in [0, 0.05) is 24.1 Å². The molecule has 1 aliphatic heterocycles. The number of rotatable bonds is 5. The smallest absolute Gasteiger partial charge is 0.269 e. The molecule has 0 saturated heterocycles. The molecule has 9 nitrogen and oxygen atoms in total. The van der Waals surface area contributed by atoms with Gasteiger partial charge in [-0.3, -0.25) is 21.0 Å². The van der Waals surface area contributed by atoms with Gasteiger partial charge in [-0.15, -0.1) is 5.10 Å². The van der Waals surface area contributed by atoms with Gasteiger partial charge in [0.2, 0.25) is 0 Å². The summed E-state index contributed by atoms with van der Waals surface area (Å²) in [5.74, 6) is 0.621. The topological polar surface area (TPSA) is 110 Å². The highest BCUT2D eigenvalue weighted by molar-refractivity contribution is 8.13. The number of nitrogens with zero attached hydrogens (tertiary/aromatic N) is 5. The number of anilines is 1. The monoisotopic (exact) mass is 381 g/mol. The van der Waals surface area contributed by atoms with Crippen LogP contribution in [-0.4, -0.2) is 25.1 Å². The zero-order valence-electron chi connectivity index (χ0n) is 14.1. The number of aromatic nitrogens is 3. The van der Waals surface area contributed by atoms with Crippen molar-refractivity contribution in [3.63, 3.8) is 0 Å². The summed E-state index contributed by atoms with van der Waals surface area (Å²) in [6, 6.07) is 14.2. The Morgan fingerprint density at radius 2 is 1.93 bits per heavy atom. The van der Waals surface area contributed by atoms with Gasteiger partial charge in [-0.2, -0.15) is 0 Å². The number of benzene rings is 2. The number of nitro benzene ring substituents is 1. The number of nitrogens with one attached hydrogen (secondary N) is 2. The molecule has 0 atom stereocenters. The third-order valence-corrected chi connectivity index (χ3v) is 4.77. The highest BCUT2D eigenvalue weighted by atomic mass is 32.2. The number of hydrogen-bond acceptors (Lipinski definition) is 8. The molecule has 27 heavy (non-hydrogen) atoms. The molecule has 136 valence electrons. The van der Waals surface area contributed by atoms with Gasteiger partial charge in [-0.25, -0.2) is 9.67 Å². The molecule has 10 heteroatoms. The number of hydrogen-bond donors (Lipinski definition) is 2. The van der Waals surface area contributed by atoms with Crippen LogP contribution in [0, 0.1) is 10.1 Å². The fourth-order valence-corrected chi connectivity index (χ4v) is 3.24. The number of hydrazine groups is 1. The normalized spacial score (nSPS) is 12.5. The van der Waals surface area contributed by atoms with Crippen molar-refractivity contribution in [1.29, 1.82) is 0 Å². The molecule has 0 fully saturated rings. The van der Waals surface area contributed by atoms with Crippen LogP contribution in [0.4, 0.5) is 17.1 Å². The molecule has 0 spiro atoms. The maximum Gasteiger partial charge on any atom is 0.269 e. The molecule has 0 aliphatic carbocycles. The molecule has 0 unspecified atom stereocenters. The van der Waals surface area contributed by atoms with Crippen molar-refractivity contribution in [3.8, 4) is 0 Å². The van der Waals surface area contributed by atoms with Crippen molar-refractivity contribution in [2.45, 2.75) is 12.3 Å². The third kappa shape index (κ3) is 4.06. The number of aliphatic imine (C=N–C) groups is 1. The quantitative estimate of drug-likeness (QED) is 0.516. The third-order valence-electron chi connectivity index (χ3n) is 3.86. The van der Waals surface area contributed by atoms with Crippen molar-refractivity contribution >= 4 is 34.0 Å². The second-order valence-corrected chi connectivity index (χ2v) is 6.77. The molecule has 0 bridgehead atoms. The van der Waals surface area contributed by atoms with Gasteiger partial charge < -0.3 is 0 Å². The molecule has 3 aromatic rings. The SMILES string of the molecule is O=[N+]([O-])c1ccc(Cn2cc(CSC3=Nc4ccccc4NN3)nn2)cc1. The second-order valence-electron chi connectivity index (χ2n) is 5.80. The molecule has 2 heterocycles. The Morgan fingerprint density at radius 1 is 1.11 bits per heavy atom. The Balaban J connectivity index is 1.36. The number of nitro groups is 1. The highest BCUT2D eigenvalue weighted by Gasteiger charge is 2.12. The van der Waals surface area contributed by atoms with Crippen molar-refractivity contribution in [2.75, 3.05) is 5.43 Å². The molecule has 2 N–H and O–H groups in total. The van der Waals surface area contributed by atoms with Crippen molar-refractivity contribution in [1.82, 2.24) is 20.4 Å². The summed E-state index contributed by atoms with van der Waals surface area (Å²) in [7, 11) is 0. The van der Waals surface area contributed by atoms with Crippen LogP contribution in [0.5, 0.6) is 0 Å². The van der Waals surface area contributed by atoms with Crippen LogP contribution in [0.3, 0.4) is 0 Å². The number of fused-ring (bicyclic) bond motifs is 1. The van der Waals surface area contributed by atoms with Gasteiger partial charge in [0.15, 0.2) is 5.17 Å². The number of amidine groups is 1. The minimum Gasteiger partial charge on any atom is -0.297 e. The summed E-state index contributed by atoms with van der Waals surface area (Å²) in [6.07, 6.45) is 1.86. The Morgan fingerprint density at radius 3 is 2.74 bits per heavy atom. The molecule has 0 amide bonds. The van der Waals surface area contributed by atoms with Gasteiger partial charge in [-0.05, 0) is 17.7 Å². The predicted octanol–water partition coefficient (Wildman–Crippen LogP) is 3.09. The minimum absolute atomic E-state index is 0.0744. The lowest BCUT2D eigenvalue weighted by Gasteiger charge is -2.18. The predicted molar refractivity (Wildman–Crippen MR) is 104 cm³/mol. The van der Waals surface area contributed by atoms with Crippen LogP contribution >= 0.6 is 11.8 Å². The lowest BCUT2D eigenvalue weighted by atomic mass is 10.2. The Hall–Kier alpha value is -3.40. The zero-order valence-corrected chi connectivity index (χ0v) is 14.9. The Kier molecular flexibility index (Phi) is 4.71. The van der Waals surface area contributed by atoms with Crippen LogP contribution in [0.25, 0.3) is 0 Å². The van der Waals surface area contributed by atoms with Crippen LogP contribution in [0.1, 0.15) is 11.3 Å². The molecule has 2 aromatic carbocycles. The van der Waals surface area contributed by atoms with Gasteiger partial charge in [0.05, 0.1) is 28.5 Å². The average Bonchev–Trinajstić information content (AvgIpc) is 3.14. The fourth-order valence-electron chi connectivity index (χ4n) is 2.54. The van der Waals surface area contributed by atoms with Crippen molar-refractivity contribution in [2.24, 2.45) is 4.99 Å². The summed E-state index contributed by atoms with van der Waals surface area (Å²) in [6.45, 7) is 0.504. The fraction of sp³-hybridized carbons (Fsp3) is 0.118. The van der Waals surface area contributed by atoms with Gasteiger partial charge in [0.25, 0.3) is 5.69 Å². The van der Waals surface area contributed by atoms with E-state index >= 15 is 0 Å². The first-order valence-electron chi connectivity index (χ1n) is 8.12. The van der Waals surface area contributed by atoms with Crippen molar-refractivity contribution in [3.05, 3.63) is 76.1 Å². The van der Waals surface area contributed by atoms with E-state index in [1.54, 1.807) is 16.8 Å². The molecular formula is C17H15N7O2S. The average molecular weight is 381 g/mol. The van der Waals surface area contributed by atoms with Crippen LogP contribution < -0.4 is 10.9 Å². The molecule has 0 saturated carbocycles. The van der Waals surface area contributed by atoms with E-state index in [1.807, 2.05) is 30.5 Å². The van der Waals surface area contributed by atoms with Crippen LogP contribution in [0.2, 0.25) is 0 Å². The minimum atomic E-state index is -0.413. The largest absolute Gasteiger partial charge is 0.297 e. The lowest BCUT2D eigenvalue weighted by Crippen LogP contribution is -2.29. The highest BCUT2D eigenvalue weighted by Crippen LogP contribution is 2.28. The Bertz CT molecular complexity index is 1000. The molecule has 1 aliphatic rings. The van der Waals surface area contributed by atoms with Gasteiger partial charge in [-0.1, -0.05) is 41.2 Å². The van der Waals surface area contributed by atoms with E-state index in [4.69, 9.17) is 0 Å². The molecule has 4 rings (SSSR count). The molecule has 1 aromatic heterocycles.